The quantitative estimate of drug-likeness (QED) is 0.467. The van der Waals surface area contributed by atoms with Gasteiger partial charge in [-0.15, -0.1) is 0 Å². The van der Waals surface area contributed by atoms with E-state index in [1.165, 1.54) is 12.0 Å². The highest BCUT2D eigenvalue weighted by atomic mass is 16.3. The van der Waals surface area contributed by atoms with Gasteiger partial charge >= 0.3 is 0 Å². The molecule has 1 heterocycles. The van der Waals surface area contributed by atoms with Gasteiger partial charge in [-0.25, -0.2) is 4.98 Å². The van der Waals surface area contributed by atoms with Crippen LogP contribution in [0.25, 0.3) is 0 Å². The van der Waals surface area contributed by atoms with Crippen LogP contribution in [-0.4, -0.2) is 38.0 Å². The summed E-state index contributed by atoms with van der Waals surface area (Å²) in [7, 11) is 1.85. The predicted octanol–water partition coefficient (Wildman–Crippen LogP) is 6.24. The average molecular weight is 550 g/mol. The maximum atomic E-state index is 13.8. The number of aromatic nitrogens is 2. The van der Waals surface area contributed by atoms with Gasteiger partial charge in [-0.1, -0.05) is 48.5 Å². The molecule has 0 radical (unpaired) electrons. The van der Waals surface area contributed by atoms with Crippen molar-refractivity contribution in [3.8, 4) is 0 Å². The lowest BCUT2D eigenvalue weighted by atomic mass is 9.33. The van der Waals surface area contributed by atoms with Crippen LogP contribution in [0.4, 0.5) is 0 Å². The summed E-state index contributed by atoms with van der Waals surface area (Å²) < 4.78 is 1.76. The highest BCUT2D eigenvalue weighted by Crippen LogP contribution is 2.75. The minimum Gasteiger partial charge on any atom is -0.393 e. The summed E-state index contributed by atoms with van der Waals surface area (Å²) in [4.78, 5) is 31.5. The third-order valence-corrected chi connectivity index (χ3v) is 13.8. The minimum absolute atomic E-state index is 0.0604. The van der Waals surface area contributed by atoms with Crippen molar-refractivity contribution in [3.05, 3.63) is 29.4 Å². The summed E-state index contributed by atoms with van der Waals surface area (Å²) >= 11 is 0. The predicted molar refractivity (Wildman–Crippen MR) is 156 cm³/mol. The number of carbonyl (C=O) groups excluding carboxylic acids is 2. The number of hydrogen-bond donors (Lipinski definition) is 2. The average Bonchev–Trinajstić information content (AvgIpc) is 3.42. The number of nitrogens with one attached hydrogen (secondary N) is 1. The van der Waals surface area contributed by atoms with E-state index in [2.05, 4.69) is 58.8 Å². The van der Waals surface area contributed by atoms with Crippen LogP contribution in [0.15, 0.2) is 23.7 Å². The number of fused-ring (bicyclic) bond motifs is 7. The van der Waals surface area contributed by atoms with E-state index in [1.807, 2.05) is 7.05 Å². The lowest BCUT2D eigenvalue weighted by Crippen LogP contribution is -2.67. The van der Waals surface area contributed by atoms with Crippen LogP contribution in [0.1, 0.15) is 117 Å². The Morgan fingerprint density at radius 1 is 1.00 bits per heavy atom. The Morgan fingerprint density at radius 3 is 2.38 bits per heavy atom. The van der Waals surface area contributed by atoms with Gasteiger partial charge in [0.05, 0.1) is 24.2 Å². The molecule has 6 nitrogen and oxygen atoms in total. The molecular formula is C34H51N3O3. The normalized spacial score (nSPS) is 44.1. The highest BCUT2D eigenvalue weighted by Gasteiger charge is 2.70. The molecule has 220 valence electrons. The molecule has 0 spiro atoms. The van der Waals surface area contributed by atoms with Crippen LogP contribution in [0.2, 0.25) is 0 Å². The van der Waals surface area contributed by atoms with Crippen molar-refractivity contribution in [1.82, 2.24) is 14.9 Å². The largest absolute Gasteiger partial charge is 0.393 e. The molecule has 2 N–H and O–H groups in total. The van der Waals surface area contributed by atoms with Gasteiger partial charge in [0, 0.05) is 13.5 Å². The zero-order valence-corrected chi connectivity index (χ0v) is 26.1. The first-order valence-corrected chi connectivity index (χ1v) is 15.9. The molecule has 6 rings (SSSR count). The molecule has 0 aromatic carbocycles. The van der Waals surface area contributed by atoms with E-state index in [1.54, 1.807) is 17.1 Å². The molecule has 0 aliphatic heterocycles. The molecule has 1 amide bonds. The summed E-state index contributed by atoms with van der Waals surface area (Å²) in [6.07, 6.45) is 11.8. The number of allylic oxidation sites excluding steroid dienone is 1. The first-order chi connectivity index (χ1) is 18.6. The van der Waals surface area contributed by atoms with Crippen LogP contribution < -0.4 is 5.32 Å². The number of aliphatic hydroxyl groups is 1. The molecule has 4 fully saturated rings. The number of hydrogen-bond acceptors (Lipinski definition) is 4. The SMILES string of the molecule is CC(C)C1=C2[C@H]3CCC4C(C)(CCC5C(C)(C)[C@@H](O)CC[C@@]54C)[C@]3(C)CC[C@@]2(NC(=O)c2cncn2C)CC1=O. The number of amides is 1. The van der Waals surface area contributed by atoms with E-state index in [9.17, 15) is 14.7 Å². The fourth-order valence-electron chi connectivity index (χ4n) is 11.6. The first-order valence-electron chi connectivity index (χ1n) is 15.9. The summed E-state index contributed by atoms with van der Waals surface area (Å²) in [5.74, 6) is 1.66. The van der Waals surface area contributed by atoms with Gasteiger partial charge in [0.1, 0.15) is 5.69 Å². The standard InChI is InChI=1S/C34H51N3O3/c1-20(2)27-23(38)17-34(36-29(40)22-18-35-19-37(22)8)16-15-32(6)21(28(27)34)9-10-25-31(5)13-12-26(39)30(3,4)24(31)11-14-33(25,32)7/h18-21,24-26,39H,9-17H2,1-8H3,(H,36,40)/t21-,24?,25?,26+,31+,32-,33?,34-/m1/s1. The van der Waals surface area contributed by atoms with E-state index < -0.39 is 5.54 Å². The third kappa shape index (κ3) is 3.47. The Hall–Kier alpha value is -1.95. The van der Waals surface area contributed by atoms with Crippen LogP contribution in [-0.2, 0) is 11.8 Å². The van der Waals surface area contributed by atoms with Crippen molar-refractivity contribution in [1.29, 1.82) is 0 Å². The van der Waals surface area contributed by atoms with E-state index in [0.717, 1.165) is 50.5 Å². The molecule has 0 saturated heterocycles. The zero-order valence-electron chi connectivity index (χ0n) is 26.1. The maximum Gasteiger partial charge on any atom is 0.270 e. The summed E-state index contributed by atoms with van der Waals surface area (Å²) in [6.45, 7) is 16.6. The number of aliphatic hydroxyl groups excluding tert-OH is 1. The molecular weight excluding hydrogens is 498 g/mol. The second-order valence-corrected chi connectivity index (χ2v) is 16.0. The number of carbonyl (C=O) groups is 2. The minimum atomic E-state index is -0.594. The van der Waals surface area contributed by atoms with E-state index in [-0.39, 0.29) is 45.4 Å². The summed E-state index contributed by atoms with van der Waals surface area (Å²) in [6, 6.07) is 0. The summed E-state index contributed by atoms with van der Waals surface area (Å²) in [5.41, 5.74) is 2.57. The molecule has 1 aromatic rings. The van der Waals surface area contributed by atoms with Gasteiger partial charge in [-0.2, -0.15) is 0 Å². The van der Waals surface area contributed by atoms with Gasteiger partial charge in [-0.05, 0) is 108 Å². The zero-order chi connectivity index (χ0) is 29.0. The fourth-order valence-corrected chi connectivity index (χ4v) is 11.6. The van der Waals surface area contributed by atoms with Crippen molar-refractivity contribution in [2.24, 2.45) is 52.4 Å². The van der Waals surface area contributed by atoms with Crippen LogP contribution in [0, 0.1) is 45.3 Å². The van der Waals surface area contributed by atoms with Gasteiger partial charge in [-0.3, -0.25) is 9.59 Å². The second-order valence-electron chi connectivity index (χ2n) is 16.0. The van der Waals surface area contributed by atoms with Crippen molar-refractivity contribution >= 4 is 11.7 Å². The summed E-state index contributed by atoms with van der Waals surface area (Å²) in [5, 5.41) is 14.5. The molecule has 4 saturated carbocycles. The molecule has 6 heteroatoms. The third-order valence-electron chi connectivity index (χ3n) is 13.8. The van der Waals surface area contributed by atoms with Gasteiger partial charge in [0.15, 0.2) is 5.78 Å². The van der Waals surface area contributed by atoms with Crippen LogP contribution in [0.3, 0.4) is 0 Å². The number of nitrogens with zero attached hydrogens (tertiary/aromatic N) is 2. The molecule has 0 bridgehead atoms. The van der Waals surface area contributed by atoms with Gasteiger partial charge in [0.2, 0.25) is 0 Å². The molecule has 5 aliphatic rings. The fraction of sp³-hybridized carbons (Fsp3) is 0.794. The van der Waals surface area contributed by atoms with E-state index >= 15 is 0 Å². The van der Waals surface area contributed by atoms with Crippen molar-refractivity contribution < 1.29 is 14.7 Å². The molecule has 40 heavy (non-hydrogen) atoms. The van der Waals surface area contributed by atoms with E-state index in [0.29, 0.717) is 29.9 Å². The maximum absolute atomic E-state index is 13.8. The number of Topliss-reactive ketones (excluding diaryl/α,β-unsaturated/α-hetero) is 1. The van der Waals surface area contributed by atoms with Gasteiger partial charge in [0.25, 0.3) is 5.91 Å². The number of aryl methyl sites for hydroxylation is 1. The molecule has 3 unspecified atom stereocenters. The Bertz CT molecular complexity index is 1280. The Morgan fingerprint density at radius 2 is 1.73 bits per heavy atom. The molecule has 1 aromatic heterocycles. The smallest absolute Gasteiger partial charge is 0.270 e. The van der Waals surface area contributed by atoms with Crippen molar-refractivity contribution in [3.63, 3.8) is 0 Å². The lowest BCUT2D eigenvalue weighted by Gasteiger charge is -2.72. The number of ketones is 1. The van der Waals surface area contributed by atoms with E-state index in [4.69, 9.17) is 0 Å². The van der Waals surface area contributed by atoms with Gasteiger partial charge < -0.3 is 15.0 Å². The topological polar surface area (TPSA) is 84.2 Å². The highest BCUT2D eigenvalue weighted by molar-refractivity contribution is 6.03. The Kier molecular flexibility index (Phi) is 6.19. The number of rotatable bonds is 3. The number of imidazole rings is 1. The molecule has 8 atom stereocenters. The Labute approximate surface area is 240 Å². The first kappa shape index (κ1) is 28.2. The Balaban J connectivity index is 1.42. The monoisotopic (exact) mass is 549 g/mol. The van der Waals surface area contributed by atoms with Crippen molar-refractivity contribution in [2.75, 3.05) is 0 Å². The van der Waals surface area contributed by atoms with Crippen LogP contribution >= 0.6 is 0 Å². The van der Waals surface area contributed by atoms with Crippen LogP contribution in [0.5, 0.6) is 0 Å². The van der Waals surface area contributed by atoms with Crippen molar-refractivity contribution in [2.45, 2.75) is 118 Å². The lowest BCUT2D eigenvalue weighted by molar-refractivity contribution is -0.226. The second kappa shape index (κ2) is 8.78. The molecule has 5 aliphatic carbocycles.